The van der Waals surface area contributed by atoms with Gasteiger partial charge < -0.3 is 14.5 Å². The van der Waals surface area contributed by atoms with E-state index in [1.807, 2.05) is 0 Å². The summed E-state index contributed by atoms with van der Waals surface area (Å²) in [7, 11) is 0. The van der Waals surface area contributed by atoms with E-state index in [1.54, 1.807) is 24.3 Å². The summed E-state index contributed by atoms with van der Waals surface area (Å²) in [6.45, 7) is 1.49. The van der Waals surface area contributed by atoms with E-state index in [1.165, 1.54) is 11.0 Å². The van der Waals surface area contributed by atoms with Crippen molar-refractivity contribution in [2.75, 3.05) is 6.61 Å². The molecule has 134 valence electrons. The Morgan fingerprint density at radius 1 is 1.28 bits per heavy atom. The second-order valence-corrected chi connectivity index (χ2v) is 6.52. The Kier molecular flexibility index (Phi) is 5.21. The first-order valence-corrected chi connectivity index (χ1v) is 8.58. The number of hydrogen-bond donors (Lipinski definition) is 1. The van der Waals surface area contributed by atoms with E-state index < -0.39 is 11.7 Å². The number of benzene rings is 1. The van der Waals surface area contributed by atoms with E-state index in [0.29, 0.717) is 17.0 Å². The molecule has 1 aromatic heterocycles. The topological polar surface area (TPSA) is 90.5 Å². The van der Waals surface area contributed by atoms with Crippen LogP contribution < -0.4 is 11.1 Å². The minimum Gasteiger partial charge on any atom is -0.454 e. The van der Waals surface area contributed by atoms with Crippen molar-refractivity contribution in [3.05, 3.63) is 34.8 Å². The largest absolute Gasteiger partial charge is 0.454 e. The van der Waals surface area contributed by atoms with Gasteiger partial charge in [-0.2, -0.15) is 0 Å². The van der Waals surface area contributed by atoms with Crippen molar-refractivity contribution in [2.24, 2.45) is 5.92 Å². The van der Waals surface area contributed by atoms with Gasteiger partial charge in [0.05, 0.1) is 5.52 Å². The predicted molar refractivity (Wildman–Crippen MR) is 91.0 cm³/mol. The Bertz CT molecular complexity index is 822. The zero-order valence-corrected chi connectivity index (χ0v) is 14.2. The van der Waals surface area contributed by atoms with Gasteiger partial charge in [-0.3, -0.25) is 14.2 Å². The van der Waals surface area contributed by atoms with Crippen molar-refractivity contribution < 1.29 is 18.7 Å². The third-order valence-electron chi connectivity index (χ3n) is 4.68. The maximum atomic E-state index is 12.0. The van der Waals surface area contributed by atoms with Gasteiger partial charge in [-0.1, -0.05) is 31.9 Å². The standard InChI is InChI=1S/C18H22N2O5/c1-12-6-2-3-7-13(12)19-16(21)11-24-17(22)10-20-14-8-4-5-9-15(14)25-18(20)23/h4-5,8-9,12-13H,2-3,6-7,10-11H2,1H3,(H,19,21)/t12-,13+/m1/s1. The number of nitrogens with one attached hydrogen (secondary N) is 1. The van der Waals surface area contributed by atoms with Crippen LogP contribution in [0, 0.1) is 5.92 Å². The van der Waals surface area contributed by atoms with Crippen molar-refractivity contribution in [2.45, 2.75) is 45.2 Å². The van der Waals surface area contributed by atoms with E-state index in [4.69, 9.17) is 9.15 Å². The normalized spacial score (nSPS) is 20.4. The van der Waals surface area contributed by atoms with Crippen molar-refractivity contribution in [1.82, 2.24) is 9.88 Å². The Balaban J connectivity index is 1.53. The molecule has 2 aromatic rings. The summed E-state index contributed by atoms with van der Waals surface area (Å²) in [6, 6.07) is 6.96. The molecule has 3 rings (SSSR count). The number of nitrogens with zero attached hydrogens (tertiary/aromatic N) is 1. The molecule has 7 heteroatoms. The highest BCUT2D eigenvalue weighted by Crippen LogP contribution is 2.23. The summed E-state index contributed by atoms with van der Waals surface area (Å²) in [6.07, 6.45) is 4.35. The molecule has 1 heterocycles. The highest BCUT2D eigenvalue weighted by molar-refractivity contribution is 5.81. The van der Waals surface area contributed by atoms with Crippen molar-refractivity contribution in [3.63, 3.8) is 0 Å². The zero-order valence-electron chi connectivity index (χ0n) is 14.2. The van der Waals surface area contributed by atoms with Crippen LogP contribution in [-0.2, 0) is 20.9 Å². The molecule has 1 saturated carbocycles. The average molecular weight is 346 g/mol. The molecule has 0 bridgehead atoms. The minimum absolute atomic E-state index is 0.139. The number of hydrogen-bond acceptors (Lipinski definition) is 5. The lowest BCUT2D eigenvalue weighted by atomic mass is 9.86. The average Bonchev–Trinajstić information content (AvgIpc) is 2.91. The van der Waals surface area contributed by atoms with Crippen LogP contribution in [0.5, 0.6) is 0 Å². The van der Waals surface area contributed by atoms with Crippen molar-refractivity contribution >= 4 is 23.0 Å². The van der Waals surface area contributed by atoms with E-state index in [2.05, 4.69) is 12.2 Å². The van der Waals surface area contributed by atoms with Crippen LogP contribution in [0.4, 0.5) is 0 Å². The number of para-hydroxylation sites is 2. The quantitative estimate of drug-likeness (QED) is 0.834. The molecule has 0 unspecified atom stereocenters. The van der Waals surface area contributed by atoms with Gasteiger partial charge >= 0.3 is 11.7 Å². The molecule has 0 spiro atoms. The second kappa shape index (κ2) is 7.55. The number of fused-ring (bicyclic) bond motifs is 1. The summed E-state index contributed by atoms with van der Waals surface area (Å²) >= 11 is 0. The Hall–Kier alpha value is -2.57. The lowest BCUT2D eigenvalue weighted by molar-refractivity contribution is -0.149. The lowest BCUT2D eigenvalue weighted by Crippen LogP contribution is -2.43. The van der Waals surface area contributed by atoms with Crippen LogP contribution in [0.2, 0.25) is 0 Å². The molecule has 2 atom stereocenters. The highest BCUT2D eigenvalue weighted by atomic mass is 16.5. The third kappa shape index (κ3) is 4.10. The zero-order chi connectivity index (χ0) is 17.8. The van der Waals surface area contributed by atoms with Gasteiger partial charge in [0, 0.05) is 6.04 Å². The van der Waals surface area contributed by atoms with Gasteiger partial charge in [-0.15, -0.1) is 0 Å². The SMILES string of the molecule is C[C@@H]1CCCC[C@@H]1NC(=O)COC(=O)Cn1c(=O)oc2ccccc21. The summed E-state index contributed by atoms with van der Waals surface area (Å²) < 4.78 is 11.3. The number of amides is 1. The summed E-state index contributed by atoms with van der Waals surface area (Å²) in [4.78, 5) is 35.8. The highest BCUT2D eigenvalue weighted by Gasteiger charge is 2.23. The summed E-state index contributed by atoms with van der Waals surface area (Å²) in [5, 5.41) is 2.92. The molecular formula is C18H22N2O5. The molecule has 1 aliphatic carbocycles. The molecule has 1 fully saturated rings. The van der Waals surface area contributed by atoms with E-state index in [9.17, 15) is 14.4 Å². The third-order valence-corrected chi connectivity index (χ3v) is 4.68. The lowest BCUT2D eigenvalue weighted by Gasteiger charge is -2.29. The smallest absolute Gasteiger partial charge is 0.420 e. The van der Waals surface area contributed by atoms with E-state index >= 15 is 0 Å². The van der Waals surface area contributed by atoms with E-state index in [0.717, 1.165) is 19.3 Å². The Labute approximate surface area is 144 Å². The molecule has 25 heavy (non-hydrogen) atoms. The number of rotatable bonds is 5. The predicted octanol–water partition coefficient (Wildman–Crippen LogP) is 1.83. The number of aromatic nitrogens is 1. The van der Waals surface area contributed by atoms with Crippen LogP contribution in [-0.4, -0.2) is 29.1 Å². The molecule has 1 N–H and O–H groups in total. The van der Waals surface area contributed by atoms with Crippen molar-refractivity contribution in [3.8, 4) is 0 Å². The first kappa shape index (κ1) is 17.3. The van der Waals surface area contributed by atoms with E-state index in [-0.39, 0.29) is 25.1 Å². The number of ether oxygens (including phenoxy) is 1. The summed E-state index contributed by atoms with van der Waals surface area (Å²) in [5.41, 5.74) is 0.925. The fraction of sp³-hybridized carbons (Fsp3) is 0.500. The second-order valence-electron chi connectivity index (χ2n) is 6.52. The monoisotopic (exact) mass is 346 g/mol. The van der Waals surface area contributed by atoms with Crippen LogP contribution >= 0.6 is 0 Å². The number of esters is 1. The number of carbonyl (C=O) groups excluding carboxylic acids is 2. The van der Waals surface area contributed by atoms with Gasteiger partial charge in [0.2, 0.25) is 0 Å². The molecule has 7 nitrogen and oxygen atoms in total. The molecule has 1 amide bonds. The van der Waals surface area contributed by atoms with Gasteiger partial charge in [-0.25, -0.2) is 4.79 Å². The fourth-order valence-corrected chi connectivity index (χ4v) is 3.26. The molecule has 1 aromatic carbocycles. The first-order chi connectivity index (χ1) is 12.0. The fourth-order valence-electron chi connectivity index (χ4n) is 3.26. The molecule has 0 saturated heterocycles. The van der Waals surface area contributed by atoms with Crippen LogP contribution in [0.25, 0.3) is 11.1 Å². The van der Waals surface area contributed by atoms with Crippen LogP contribution in [0.1, 0.15) is 32.6 Å². The molecule has 0 aliphatic heterocycles. The Morgan fingerprint density at radius 3 is 2.84 bits per heavy atom. The maximum Gasteiger partial charge on any atom is 0.420 e. The van der Waals surface area contributed by atoms with Gasteiger partial charge in [-0.05, 0) is 30.9 Å². The minimum atomic E-state index is -0.652. The maximum absolute atomic E-state index is 12.0. The van der Waals surface area contributed by atoms with Crippen LogP contribution in [0.3, 0.4) is 0 Å². The Morgan fingerprint density at radius 2 is 2.04 bits per heavy atom. The molecule has 1 aliphatic rings. The van der Waals surface area contributed by atoms with Gasteiger partial charge in [0.15, 0.2) is 12.2 Å². The molecule has 0 radical (unpaired) electrons. The number of carbonyl (C=O) groups is 2. The molecular weight excluding hydrogens is 324 g/mol. The van der Waals surface area contributed by atoms with Crippen molar-refractivity contribution in [1.29, 1.82) is 0 Å². The summed E-state index contributed by atoms with van der Waals surface area (Å²) in [5.74, 6) is -1.15. The first-order valence-electron chi connectivity index (χ1n) is 8.58. The number of oxazole rings is 1. The van der Waals surface area contributed by atoms with Gasteiger partial charge in [0.1, 0.15) is 6.54 Å². The van der Waals surface area contributed by atoms with Crippen LogP contribution in [0.15, 0.2) is 33.5 Å². The van der Waals surface area contributed by atoms with Gasteiger partial charge in [0.25, 0.3) is 5.91 Å².